The molecule has 150 valence electrons. The highest BCUT2D eigenvalue weighted by atomic mass is 19.1. The molecule has 1 saturated heterocycles. The second-order valence-electron chi connectivity index (χ2n) is 8.51. The lowest BCUT2D eigenvalue weighted by atomic mass is 9.58. The summed E-state index contributed by atoms with van der Waals surface area (Å²) in [6.07, 6.45) is 4.95. The molecule has 2 heterocycles. The lowest BCUT2D eigenvalue weighted by Crippen LogP contribution is -2.53. The Morgan fingerprint density at radius 2 is 2.17 bits per heavy atom. The molecule has 1 N–H and O–H groups in total. The summed E-state index contributed by atoms with van der Waals surface area (Å²) in [6, 6.07) is 14.0. The fraction of sp³-hybridized carbons (Fsp3) is 0.360. The number of methoxy groups -OCH3 is 1. The zero-order valence-corrected chi connectivity index (χ0v) is 16.9. The number of aromatic nitrogens is 1. The number of nitrogens with one attached hydrogen (secondary N) is 1. The lowest BCUT2D eigenvalue weighted by molar-refractivity contribution is 0.0896. The smallest absolute Gasteiger partial charge is 0.147 e. The number of benzene rings is 2. The van der Waals surface area contributed by atoms with Gasteiger partial charge in [0.05, 0.1) is 12.6 Å². The minimum atomic E-state index is -0.163. The minimum Gasteiger partial charge on any atom is -0.497 e. The van der Waals surface area contributed by atoms with Crippen LogP contribution in [0, 0.1) is 11.7 Å². The van der Waals surface area contributed by atoms with Crippen LogP contribution >= 0.6 is 0 Å². The van der Waals surface area contributed by atoms with Gasteiger partial charge in [0.25, 0.3) is 0 Å². The Hall–Kier alpha value is -2.59. The van der Waals surface area contributed by atoms with E-state index in [-0.39, 0.29) is 11.2 Å². The van der Waals surface area contributed by atoms with Crippen LogP contribution in [-0.2, 0) is 18.3 Å². The molecule has 0 bridgehead atoms. The molecule has 1 aliphatic carbocycles. The molecule has 5 rings (SSSR count). The third-order valence-corrected chi connectivity index (χ3v) is 7.09. The van der Waals surface area contributed by atoms with Crippen LogP contribution in [0.25, 0.3) is 10.9 Å². The summed E-state index contributed by atoms with van der Waals surface area (Å²) < 4.78 is 20.0. The third-order valence-electron chi connectivity index (χ3n) is 7.09. The molecule has 2 unspecified atom stereocenters. The largest absolute Gasteiger partial charge is 0.497 e. The van der Waals surface area contributed by atoms with Gasteiger partial charge in [0, 0.05) is 29.6 Å². The number of hydrogen-bond donors (Lipinski definition) is 1. The van der Waals surface area contributed by atoms with Crippen molar-refractivity contribution in [3.8, 4) is 5.75 Å². The first-order valence-electron chi connectivity index (χ1n) is 10.4. The van der Waals surface area contributed by atoms with Crippen LogP contribution in [-0.4, -0.2) is 36.6 Å². The number of nitrogens with zero attached hydrogens (tertiary/aromatic N) is 1. The van der Waals surface area contributed by atoms with Crippen molar-refractivity contribution < 1.29 is 9.13 Å². The van der Waals surface area contributed by atoms with Gasteiger partial charge < -0.3 is 9.72 Å². The number of H-pyrrole nitrogens is 1. The van der Waals surface area contributed by atoms with Crippen LogP contribution in [0.2, 0.25) is 0 Å². The predicted octanol–water partition coefficient (Wildman–Crippen LogP) is 4.86. The van der Waals surface area contributed by atoms with E-state index in [4.69, 9.17) is 4.74 Å². The zero-order valence-electron chi connectivity index (χ0n) is 16.9. The standard InChI is InChI=1S/C25H27FN2O/c1-3-11-28-12-10-25(17-6-4-7-19(13-17)29-2)15-23-21(14-18(25)16-28)20-8-5-9-22(26)24(20)27-23/h3-9,13,18,27H,1,10-12,14-16H2,2H3. The average molecular weight is 391 g/mol. The second kappa shape index (κ2) is 7.03. The molecule has 1 aliphatic heterocycles. The number of likely N-dealkylation sites (tertiary alicyclic amines) is 1. The molecule has 2 aliphatic rings. The second-order valence-corrected chi connectivity index (χ2v) is 8.51. The molecule has 2 aromatic carbocycles. The Kier molecular flexibility index (Phi) is 4.47. The van der Waals surface area contributed by atoms with Crippen molar-refractivity contribution in [1.29, 1.82) is 0 Å². The van der Waals surface area contributed by atoms with Gasteiger partial charge in [0.15, 0.2) is 0 Å². The van der Waals surface area contributed by atoms with Crippen molar-refractivity contribution >= 4 is 10.9 Å². The molecule has 1 aromatic heterocycles. The molecule has 0 amide bonds. The van der Waals surface area contributed by atoms with Crippen LogP contribution in [0.4, 0.5) is 4.39 Å². The van der Waals surface area contributed by atoms with Gasteiger partial charge in [-0.1, -0.05) is 30.3 Å². The van der Waals surface area contributed by atoms with Gasteiger partial charge in [-0.2, -0.15) is 0 Å². The first-order chi connectivity index (χ1) is 14.1. The van der Waals surface area contributed by atoms with E-state index >= 15 is 0 Å². The number of ether oxygens (including phenoxy) is 1. The van der Waals surface area contributed by atoms with Gasteiger partial charge in [0.1, 0.15) is 11.6 Å². The highest BCUT2D eigenvalue weighted by Crippen LogP contribution is 2.49. The number of piperidine rings is 1. The quantitative estimate of drug-likeness (QED) is 0.645. The fourth-order valence-electron chi connectivity index (χ4n) is 5.63. The number of para-hydroxylation sites is 1. The van der Waals surface area contributed by atoms with E-state index in [1.807, 2.05) is 18.2 Å². The molecule has 0 saturated carbocycles. The minimum absolute atomic E-state index is 0.0383. The van der Waals surface area contributed by atoms with E-state index < -0.39 is 0 Å². The van der Waals surface area contributed by atoms with Gasteiger partial charge in [-0.05, 0) is 61.1 Å². The van der Waals surface area contributed by atoms with Crippen molar-refractivity contribution in [3.63, 3.8) is 0 Å². The van der Waals surface area contributed by atoms with E-state index in [1.165, 1.54) is 16.8 Å². The Morgan fingerprint density at radius 1 is 1.31 bits per heavy atom. The van der Waals surface area contributed by atoms with E-state index in [1.54, 1.807) is 13.2 Å². The van der Waals surface area contributed by atoms with E-state index in [9.17, 15) is 4.39 Å². The summed E-state index contributed by atoms with van der Waals surface area (Å²) in [4.78, 5) is 5.94. The van der Waals surface area contributed by atoms with Gasteiger partial charge in [-0.3, -0.25) is 4.90 Å². The Labute approximate surface area is 171 Å². The summed E-state index contributed by atoms with van der Waals surface area (Å²) in [5, 5.41) is 1.04. The maximum atomic E-state index is 14.5. The summed E-state index contributed by atoms with van der Waals surface area (Å²) >= 11 is 0. The predicted molar refractivity (Wildman–Crippen MR) is 115 cm³/mol. The molecule has 0 radical (unpaired) electrons. The molecule has 29 heavy (non-hydrogen) atoms. The van der Waals surface area contributed by atoms with Crippen LogP contribution in [0.15, 0.2) is 55.1 Å². The van der Waals surface area contributed by atoms with Crippen LogP contribution in [0.1, 0.15) is 23.2 Å². The topological polar surface area (TPSA) is 28.3 Å². The van der Waals surface area contributed by atoms with Crippen LogP contribution in [0.5, 0.6) is 5.75 Å². The van der Waals surface area contributed by atoms with E-state index in [2.05, 4.69) is 40.7 Å². The molecule has 0 spiro atoms. The SMILES string of the molecule is C=CCN1CCC2(c3cccc(OC)c3)Cc3[nH]c4c(F)cccc4c3CC2C1. The fourth-order valence-corrected chi connectivity index (χ4v) is 5.63. The summed E-state index contributed by atoms with van der Waals surface area (Å²) in [7, 11) is 1.72. The van der Waals surface area contributed by atoms with Crippen molar-refractivity contribution in [3.05, 3.63) is 77.8 Å². The zero-order chi connectivity index (χ0) is 20.0. The molecular formula is C25H27FN2O. The Bertz CT molecular complexity index is 1070. The molecule has 4 heteroatoms. The molecular weight excluding hydrogens is 363 g/mol. The van der Waals surface area contributed by atoms with Crippen LogP contribution < -0.4 is 4.74 Å². The monoisotopic (exact) mass is 390 g/mol. The summed E-state index contributed by atoms with van der Waals surface area (Å²) in [5.41, 5.74) is 4.52. The van der Waals surface area contributed by atoms with E-state index in [0.29, 0.717) is 11.4 Å². The molecule has 3 nitrogen and oxygen atoms in total. The highest BCUT2D eigenvalue weighted by molar-refractivity contribution is 5.85. The van der Waals surface area contributed by atoms with Gasteiger partial charge >= 0.3 is 0 Å². The molecule has 1 fully saturated rings. The average Bonchev–Trinajstić information content (AvgIpc) is 3.11. The number of hydrogen-bond acceptors (Lipinski definition) is 2. The molecule has 2 atom stereocenters. The van der Waals surface area contributed by atoms with Gasteiger partial charge in [0.2, 0.25) is 0 Å². The number of rotatable bonds is 4. The number of aromatic amines is 1. The number of halogens is 1. The third kappa shape index (κ3) is 2.89. The maximum Gasteiger partial charge on any atom is 0.147 e. The van der Waals surface area contributed by atoms with Crippen molar-refractivity contribution in [2.24, 2.45) is 5.92 Å². The van der Waals surface area contributed by atoms with Crippen molar-refractivity contribution in [1.82, 2.24) is 9.88 Å². The summed E-state index contributed by atoms with van der Waals surface area (Å²) in [6.45, 7) is 6.92. The van der Waals surface area contributed by atoms with Gasteiger partial charge in [-0.25, -0.2) is 4.39 Å². The first-order valence-corrected chi connectivity index (χ1v) is 10.4. The van der Waals surface area contributed by atoms with Crippen LogP contribution in [0.3, 0.4) is 0 Å². The lowest BCUT2D eigenvalue weighted by Gasteiger charge is -2.51. The molecule has 3 aromatic rings. The van der Waals surface area contributed by atoms with Crippen molar-refractivity contribution in [2.75, 3.05) is 26.7 Å². The Morgan fingerprint density at radius 3 is 3.00 bits per heavy atom. The maximum absolute atomic E-state index is 14.5. The normalized spacial score (nSPS) is 24.1. The first kappa shape index (κ1) is 18.4. The number of fused-ring (bicyclic) bond motifs is 4. The van der Waals surface area contributed by atoms with E-state index in [0.717, 1.165) is 50.0 Å². The highest BCUT2D eigenvalue weighted by Gasteiger charge is 2.48. The summed E-state index contributed by atoms with van der Waals surface area (Å²) in [5.74, 6) is 1.21. The van der Waals surface area contributed by atoms with Crippen molar-refractivity contribution in [2.45, 2.75) is 24.7 Å². The Balaban J connectivity index is 1.64. The van der Waals surface area contributed by atoms with Gasteiger partial charge in [-0.15, -0.1) is 6.58 Å².